The summed E-state index contributed by atoms with van der Waals surface area (Å²) in [5.74, 6) is 1.06. The summed E-state index contributed by atoms with van der Waals surface area (Å²) in [5.41, 5.74) is 1.41. The molecule has 0 spiro atoms. The van der Waals surface area contributed by atoms with Crippen LogP contribution in [0.25, 0.3) is 0 Å². The van der Waals surface area contributed by atoms with E-state index in [1.807, 2.05) is 6.07 Å². The van der Waals surface area contributed by atoms with Crippen LogP contribution < -0.4 is 0 Å². The van der Waals surface area contributed by atoms with Crippen molar-refractivity contribution in [2.75, 3.05) is 26.7 Å². The quantitative estimate of drug-likeness (QED) is 0.781. The Morgan fingerprint density at radius 2 is 2.05 bits per heavy atom. The van der Waals surface area contributed by atoms with Crippen molar-refractivity contribution in [1.82, 2.24) is 9.80 Å². The topological polar surface area (TPSA) is 19.6 Å². The highest BCUT2D eigenvalue weighted by Gasteiger charge is 2.23. The van der Waals surface area contributed by atoms with E-state index in [0.29, 0.717) is 6.04 Å². The molecule has 0 bridgehead atoms. The van der Waals surface area contributed by atoms with Crippen LogP contribution in [0.1, 0.15) is 24.2 Å². The van der Waals surface area contributed by atoms with Crippen LogP contribution in [0, 0.1) is 0 Å². The Kier molecular flexibility index (Phi) is 5.30. The molecule has 2 heterocycles. The lowest BCUT2D eigenvalue weighted by Gasteiger charge is -2.28. The number of likely N-dealkylation sites (tertiary alicyclic amines) is 1. The summed E-state index contributed by atoms with van der Waals surface area (Å²) in [6.07, 6.45) is 5.51. The molecule has 0 unspecified atom stereocenters. The summed E-state index contributed by atoms with van der Waals surface area (Å²) in [5, 5.41) is 0. The summed E-state index contributed by atoms with van der Waals surface area (Å²) in [4.78, 5) is 5.04. The minimum Gasteiger partial charge on any atom is -0.468 e. The minimum atomic E-state index is 0.686. The first kappa shape index (κ1) is 15.3. The summed E-state index contributed by atoms with van der Waals surface area (Å²) in [7, 11) is 2.25. The zero-order valence-corrected chi connectivity index (χ0v) is 13.4. The van der Waals surface area contributed by atoms with Gasteiger partial charge in [-0.15, -0.1) is 0 Å². The molecule has 1 aromatic heterocycles. The number of likely N-dealkylation sites (N-methyl/N-ethyl adjacent to an activating group) is 1. The average molecular weight is 298 g/mol. The monoisotopic (exact) mass is 298 g/mol. The molecule has 0 saturated carbocycles. The van der Waals surface area contributed by atoms with Gasteiger partial charge in [-0.1, -0.05) is 30.3 Å². The van der Waals surface area contributed by atoms with E-state index < -0.39 is 0 Å². The molecule has 1 saturated heterocycles. The molecule has 3 rings (SSSR count). The molecule has 22 heavy (non-hydrogen) atoms. The lowest BCUT2D eigenvalue weighted by atomic mass is 10.1. The van der Waals surface area contributed by atoms with E-state index in [4.69, 9.17) is 4.42 Å². The summed E-state index contributed by atoms with van der Waals surface area (Å²) in [6, 6.07) is 15.5. The Morgan fingerprint density at radius 3 is 2.73 bits per heavy atom. The lowest BCUT2D eigenvalue weighted by molar-refractivity contribution is 0.178. The third kappa shape index (κ3) is 4.21. The fourth-order valence-electron chi connectivity index (χ4n) is 3.30. The van der Waals surface area contributed by atoms with Crippen molar-refractivity contribution in [3.63, 3.8) is 0 Å². The molecular formula is C19H26N2O. The van der Waals surface area contributed by atoms with Crippen LogP contribution in [0.2, 0.25) is 0 Å². The lowest BCUT2D eigenvalue weighted by Crippen LogP contribution is -2.39. The van der Waals surface area contributed by atoms with Gasteiger partial charge in [0.2, 0.25) is 0 Å². The molecule has 1 atom stereocenters. The van der Waals surface area contributed by atoms with Gasteiger partial charge in [-0.25, -0.2) is 0 Å². The number of benzene rings is 1. The first-order valence-electron chi connectivity index (χ1n) is 8.30. The SMILES string of the molecule is CN1CCC[C@@H]1CN(CCc1ccccc1)Cc1ccco1. The van der Waals surface area contributed by atoms with Gasteiger partial charge in [-0.05, 0) is 50.6 Å². The Morgan fingerprint density at radius 1 is 1.18 bits per heavy atom. The van der Waals surface area contributed by atoms with E-state index in [0.717, 1.165) is 31.8 Å². The first-order valence-corrected chi connectivity index (χ1v) is 8.30. The number of hydrogen-bond acceptors (Lipinski definition) is 3. The number of furan rings is 1. The summed E-state index contributed by atoms with van der Waals surface area (Å²) < 4.78 is 5.55. The van der Waals surface area contributed by atoms with Crippen LogP contribution in [-0.2, 0) is 13.0 Å². The maximum atomic E-state index is 5.55. The predicted molar refractivity (Wildman–Crippen MR) is 89.8 cm³/mol. The Hall–Kier alpha value is -1.58. The highest BCUT2D eigenvalue weighted by atomic mass is 16.3. The molecule has 3 nitrogen and oxygen atoms in total. The summed E-state index contributed by atoms with van der Waals surface area (Å²) in [6.45, 7) is 4.35. The molecule has 3 heteroatoms. The van der Waals surface area contributed by atoms with E-state index in [2.05, 4.69) is 53.2 Å². The minimum absolute atomic E-state index is 0.686. The smallest absolute Gasteiger partial charge is 0.117 e. The Labute approximate surface area is 133 Å². The fraction of sp³-hybridized carbons (Fsp3) is 0.474. The highest BCUT2D eigenvalue weighted by molar-refractivity contribution is 5.15. The summed E-state index contributed by atoms with van der Waals surface area (Å²) >= 11 is 0. The van der Waals surface area contributed by atoms with Crippen molar-refractivity contribution >= 4 is 0 Å². The number of rotatable bonds is 7. The molecule has 0 amide bonds. The second-order valence-corrected chi connectivity index (χ2v) is 6.33. The zero-order valence-electron chi connectivity index (χ0n) is 13.4. The van der Waals surface area contributed by atoms with Gasteiger partial charge in [0, 0.05) is 19.1 Å². The van der Waals surface area contributed by atoms with Crippen LogP contribution in [0.3, 0.4) is 0 Å². The fourth-order valence-corrected chi connectivity index (χ4v) is 3.30. The van der Waals surface area contributed by atoms with Crippen molar-refractivity contribution < 1.29 is 4.42 Å². The van der Waals surface area contributed by atoms with Crippen LogP contribution >= 0.6 is 0 Å². The Bertz CT molecular complexity index is 538. The maximum absolute atomic E-state index is 5.55. The van der Waals surface area contributed by atoms with Crippen LogP contribution in [0.15, 0.2) is 53.1 Å². The molecule has 1 fully saturated rings. The standard InChI is InChI=1S/C19H26N2O/c1-20-12-5-9-18(20)15-21(16-19-10-6-14-22-19)13-11-17-7-3-2-4-8-17/h2-4,6-8,10,14,18H,5,9,11-13,15-16H2,1H3/t18-/m1/s1. The van der Waals surface area contributed by atoms with Crippen LogP contribution in [-0.4, -0.2) is 42.5 Å². The van der Waals surface area contributed by atoms with E-state index in [1.54, 1.807) is 6.26 Å². The van der Waals surface area contributed by atoms with Crippen molar-refractivity contribution in [2.24, 2.45) is 0 Å². The van der Waals surface area contributed by atoms with Crippen molar-refractivity contribution in [1.29, 1.82) is 0 Å². The van der Waals surface area contributed by atoms with E-state index in [1.165, 1.54) is 24.9 Å². The van der Waals surface area contributed by atoms with Crippen molar-refractivity contribution in [3.8, 4) is 0 Å². The molecule has 0 radical (unpaired) electrons. The van der Waals surface area contributed by atoms with E-state index >= 15 is 0 Å². The second kappa shape index (κ2) is 7.61. The maximum Gasteiger partial charge on any atom is 0.117 e. The van der Waals surface area contributed by atoms with Gasteiger partial charge in [0.1, 0.15) is 5.76 Å². The second-order valence-electron chi connectivity index (χ2n) is 6.33. The van der Waals surface area contributed by atoms with Crippen LogP contribution in [0.5, 0.6) is 0 Å². The Balaban J connectivity index is 1.60. The van der Waals surface area contributed by atoms with E-state index in [-0.39, 0.29) is 0 Å². The van der Waals surface area contributed by atoms with Gasteiger partial charge in [-0.3, -0.25) is 4.90 Å². The predicted octanol–water partition coefficient (Wildman–Crippen LogP) is 3.42. The molecule has 0 aliphatic carbocycles. The van der Waals surface area contributed by atoms with Crippen molar-refractivity contribution in [3.05, 3.63) is 60.1 Å². The molecular weight excluding hydrogens is 272 g/mol. The van der Waals surface area contributed by atoms with Gasteiger partial charge in [0.05, 0.1) is 12.8 Å². The number of nitrogens with zero attached hydrogens (tertiary/aromatic N) is 2. The van der Waals surface area contributed by atoms with Gasteiger partial charge in [0.25, 0.3) is 0 Å². The molecule has 118 valence electrons. The molecule has 1 aromatic carbocycles. The molecule has 1 aliphatic rings. The molecule has 2 aromatic rings. The van der Waals surface area contributed by atoms with Gasteiger partial charge in [-0.2, -0.15) is 0 Å². The third-order valence-corrected chi connectivity index (χ3v) is 4.66. The zero-order chi connectivity index (χ0) is 15.2. The van der Waals surface area contributed by atoms with Gasteiger partial charge in [0.15, 0.2) is 0 Å². The van der Waals surface area contributed by atoms with Crippen molar-refractivity contribution in [2.45, 2.75) is 31.8 Å². The first-order chi connectivity index (χ1) is 10.8. The molecule has 1 aliphatic heterocycles. The third-order valence-electron chi connectivity index (χ3n) is 4.66. The largest absolute Gasteiger partial charge is 0.468 e. The molecule has 0 N–H and O–H groups in total. The highest BCUT2D eigenvalue weighted by Crippen LogP contribution is 2.17. The van der Waals surface area contributed by atoms with Gasteiger partial charge < -0.3 is 9.32 Å². The normalized spacial score (nSPS) is 19.1. The van der Waals surface area contributed by atoms with E-state index in [9.17, 15) is 0 Å². The van der Waals surface area contributed by atoms with Crippen LogP contribution in [0.4, 0.5) is 0 Å². The number of hydrogen-bond donors (Lipinski definition) is 0. The average Bonchev–Trinajstić information content (AvgIpc) is 3.18. The van der Waals surface area contributed by atoms with Gasteiger partial charge >= 0.3 is 0 Å².